The number of benzene rings is 3. The molecule has 0 amide bonds. The molecule has 3 aromatic carbocycles. The highest BCUT2D eigenvalue weighted by Gasteiger charge is 2.42. The van der Waals surface area contributed by atoms with E-state index in [0.29, 0.717) is 56.8 Å². The first-order valence-corrected chi connectivity index (χ1v) is 12.9. The van der Waals surface area contributed by atoms with Crippen molar-refractivity contribution in [1.29, 1.82) is 0 Å². The van der Waals surface area contributed by atoms with Gasteiger partial charge in [-0.25, -0.2) is 18.0 Å². The molecular weight excluding hydrogens is 509 g/mol. The van der Waals surface area contributed by atoms with Crippen LogP contribution in [-0.2, 0) is 11.4 Å². The lowest BCUT2D eigenvalue weighted by atomic mass is 9.85. The van der Waals surface area contributed by atoms with Gasteiger partial charge in [-0.3, -0.25) is 4.90 Å². The van der Waals surface area contributed by atoms with Gasteiger partial charge in [0.1, 0.15) is 11.4 Å². The molecule has 0 radical (unpaired) electrons. The van der Waals surface area contributed by atoms with Crippen LogP contribution in [0.25, 0.3) is 11.1 Å². The normalized spacial score (nSPS) is 16.7. The molecule has 1 fully saturated rings. The number of hydrogen-bond acceptors (Lipinski definition) is 5. The van der Waals surface area contributed by atoms with Gasteiger partial charge >= 0.3 is 5.97 Å². The van der Waals surface area contributed by atoms with Gasteiger partial charge in [0.05, 0.1) is 17.9 Å². The van der Waals surface area contributed by atoms with E-state index in [1.54, 1.807) is 30.3 Å². The minimum Gasteiger partial charge on any atom is -0.494 e. The van der Waals surface area contributed by atoms with E-state index < -0.39 is 29.0 Å². The molecule has 1 N–H and O–H groups in total. The Balaban J connectivity index is 1.32. The average Bonchev–Trinajstić information content (AvgIpc) is 3.34. The van der Waals surface area contributed by atoms with Crippen LogP contribution in [-0.4, -0.2) is 47.0 Å². The molecule has 2 aliphatic heterocycles. The minimum atomic E-state index is -1.49. The molecule has 6 nitrogen and oxygen atoms in total. The Hall–Kier alpha value is -3.85. The molecule has 9 heteroatoms. The summed E-state index contributed by atoms with van der Waals surface area (Å²) in [5.41, 5.74) is 3.44. The lowest BCUT2D eigenvalue weighted by Gasteiger charge is -2.37. The van der Waals surface area contributed by atoms with Crippen molar-refractivity contribution in [2.24, 2.45) is 5.16 Å². The highest BCUT2D eigenvalue weighted by molar-refractivity contribution is 6.02. The van der Waals surface area contributed by atoms with Gasteiger partial charge in [0, 0.05) is 44.5 Å². The summed E-state index contributed by atoms with van der Waals surface area (Å²) in [6, 6.07) is 12.4. The number of likely N-dealkylation sites (tertiary alicyclic amines) is 1. The van der Waals surface area contributed by atoms with Crippen LogP contribution in [0.15, 0.2) is 53.7 Å². The zero-order valence-corrected chi connectivity index (χ0v) is 21.8. The van der Waals surface area contributed by atoms with E-state index in [-0.39, 0.29) is 11.1 Å². The summed E-state index contributed by atoms with van der Waals surface area (Å²) in [6.07, 6.45) is 2.05. The molecule has 0 unspecified atom stereocenters. The molecule has 204 valence electrons. The number of halogens is 3. The van der Waals surface area contributed by atoms with E-state index in [1.807, 2.05) is 19.9 Å². The monoisotopic (exact) mass is 538 g/mol. The summed E-state index contributed by atoms with van der Waals surface area (Å²) in [5, 5.41) is 13.4. The smallest absolute Gasteiger partial charge is 0.335 e. The van der Waals surface area contributed by atoms with Crippen LogP contribution in [0.1, 0.15) is 53.2 Å². The number of ether oxygens (including phenoxy) is 1. The number of carbonyl (C=O) groups is 1. The average molecular weight is 539 g/mol. The first kappa shape index (κ1) is 26.7. The largest absolute Gasteiger partial charge is 0.494 e. The number of rotatable bonds is 7. The lowest BCUT2D eigenvalue weighted by molar-refractivity contribution is -0.0626. The lowest BCUT2D eigenvalue weighted by Crippen LogP contribution is -2.44. The number of nitrogens with zero attached hydrogens (tertiary/aromatic N) is 2. The number of carboxylic acids is 1. The van der Waals surface area contributed by atoms with Crippen molar-refractivity contribution < 1.29 is 32.6 Å². The van der Waals surface area contributed by atoms with E-state index in [9.17, 15) is 18.0 Å². The number of oxime groups is 1. The predicted molar refractivity (Wildman–Crippen MR) is 141 cm³/mol. The number of hydrogen-bond donors (Lipinski definition) is 1. The van der Waals surface area contributed by atoms with Gasteiger partial charge in [-0.1, -0.05) is 17.3 Å². The molecule has 0 aromatic heterocycles. The maximum atomic E-state index is 14.8. The second-order valence-electron chi connectivity index (χ2n) is 10.1. The Morgan fingerprint density at radius 2 is 1.77 bits per heavy atom. The first-order chi connectivity index (χ1) is 18.7. The summed E-state index contributed by atoms with van der Waals surface area (Å²) in [4.78, 5) is 19.3. The van der Waals surface area contributed by atoms with Gasteiger partial charge in [0.15, 0.2) is 17.5 Å². The highest BCUT2D eigenvalue weighted by Crippen LogP contribution is 2.38. The topological polar surface area (TPSA) is 71.4 Å². The summed E-state index contributed by atoms with van der Waals surface area (Å²) in [5.74, 6) is -4.24. The molecule has 5 rings (SSSR count). The van der Waals surface area contributed by atoms with Crippen molar-refractivity contribution in [3.63, 3.8) is 0 Å². The molecule has 0 saturated carbocycles. The summed E-state index contributed by atoms with van der Waals surface area (Å²) < 4.78 is 48.3. The maximum absolute atomic E-state index is 14.8. The van der Waals surface area contributed by atoms with Crippen LogP contribution in [0.3, 0.4) is 0 Å². The fraction of sp³-hybridized carbons (Fsp3) is 0.333. The number of aryl methyl sites for hydroxylation is 1. The molecule has 2 heterocycles. The van der Waals surface area contributed by atoms with Crippen LogP contribution in [0.2, 0.25) is 0 Å². The van der Waals surface area contributed by atoms with Crippen LogP contribution >= 0.6 is 0 Å². The van der Waals surface area contributed by atoms with E-state index in [4.69, 9.17) is 14.7 Å². The van der Waals surface area contributed by atoms with Gasteiger partial charge in [0.2, 0.25) is 0 Å². The minimum absolute atomic E-state index is 0.00890. The first-order valence-electron chi connectivity index (χ1n) is 12.9. The van der Waals surface area contributed by atoms with E-state index in [1.165, 1.54) is 6.07 Å². The Kier molecular flexibility index (Phi) is 7.36. The van der Waals surface area contributed by atoms with Gasteiger partial charge in [-0.15, -0.1) is 0 Å². The second kappa shape index (κ2) is 10.7. The zero-order valence-electron chi connectivity index (χ0n) is 21.8. The summed E-state index contributed by atoms with van der Waals surface area (Å²) >= 11 is 0. The van der Waals surface area contributed by atoms with Crippen molar-refractivity contribution in [1.82, 2.24) is 4.90 Å². The fourth-order valence-corrected chi connectivity index (χ4v) is 5.27. The molecule has 2 aliphatic rings. The predicted octanol–water partition coefficient (Wildman–Crippen LogP) is 6.34. The molecule has 0 bridgehead atoms. The van der Waals surface area contributed by atoms with Gasteiger partial charge in [0.25, 0.3) is 0 Å². The van der Waals surface area contributed by atoms with Crippen molar-refractivity contribution in [3.05, 3.63) is 88.2 Å². The van der Waals surface area contributed by atoms with Gasteiger partial charge in [-0.05, 0) is 72.5 Å². The van der Waals surface area contributed by atoms with Crippen LogP contribution in [0.4, 0.5) is 13.2 Å². The van der Waals surface area contributed by atoms with Crippen LogP contribution in [0.5, 0.6) is 5.75 Å². The third kappa shape index (κ3) is 5.36. The third-order valence-corrected chi connectivity index (χ3v) is 7.49. The van der Waals surface area contributed by atoms with Crippen LogP contribution in [0, 0.1) is 24.4 Å². The fourth-order valence-electron chi connectivity index (χ4n) is 5.27. The Morgan fingerprint density at radius 3 is 2.44 bits per heavy atom. The van der Waals surface area contributed by atoms with Crippen LogP contribution < -0.4 is 4.74 Å². The zero-order chi connectivity index (χ0) is 27.7. The van der Waals surface area contributed by atoms with Crippen molar-refractivity contribution >= 4 is 11.7 Å². The van der Waals surface area contributed by atoms with Gasteiger partial charge < -0.3 is 14.7 Å². The number of aromatic carboxylic acids is 1. The Morgan fingerprint density at radius 1 is 1.05 bits per heavy atom. The van der Waals surface area contributed by atoms with E-state index in [0.717, 1.165) is 28.5 Å². The quantitative estimate of drug-likeness (QED) is 0.356. The molecule has 39 heavy (non-hydrogen) atoms. The second-order valence-corrected chi connectivity index (χ2v) is 10.1. The van der Waals surface area contributed by atoms with Crippen molar-refractivity contribution in [2.75, 3.05) is 19.7 Å². The number of carboxylic acid groups (broad SMARTS) is 1. The van der Waals surface area contributed by atoms with Crippen molar-refractivity contribution in [2.45, 2.75) is 45.3 Å². The third-order valence-electron chi connectivity index (χ3n) is 7.49. The van der Waals surface area contributed by atoms with E-state index >= 15 is 0 Å². The molecule has 0 aliphatic carbocycles. The SMILES string of the molecule is CCOc1cc(CN2CCC3(CC2)CC(c2ccc(C(=O)O)cc2)=NO3)c(-c2ccc(F)c(F)c2F)cc1C. The standard InChI is InChI=1S/C30H29F3N2O4/c1-3-38-26-15-21(23(14-18(26)2)22-8-9-24(31)28(33)27(22)32)17-35-12-10-30(11-13-35)16-25(34-39-30)19-4-6-20(7-5-19)29(36)37/h4-9,14-15H,3,10-13,16-17H2,1-2H3,(H,36,37). The molecule has 3 aromatic rings. The molecule has 1 saturated heterocycles. The van der Waals surface area contributed by atoms with Crippen molar-refractivity contribution in [3.8, 4) is 16.9 Å². The highest BCUT2D eigenvalue weighted by atomic mass is 19.2. The van der Waals surface area contributed by atoms with Gasteiger partial charge in [-0.2, -0.15) is 0 Å². The Labute approximate surface area is 224 Å². The number of piperidine rings is 1. The molecule has 0 atom stereocenters. The van der Waals surface area contributed by atoms with E-state index in [2.05, 4.69) is 10.1 Å². The summed E-state index contributed by atoms with van der Waals surface area (Å²) in [7, 11) is 0. The summed E-state index contributed by atoms with van der Waals surface area (Å²) in [6.45, 7) is 6.03. The molecule has 1 spiro atoms. The molecular formula is C30H29F3N2O4. The Bertz CT molecular complexity index is 1430. The maximum Gasteiger partial charge on any atom is 0.335 e.